The predicted molar refractivity (Wildman–Crippen MR) is 119 cm³/mol. The quantitative estimate of drug-likeness (QED) is 0.379. The highest BCUT2D eigenvalue weighted by atomic mass is 16.5. The molecule has 2 heterocycles. The van der Waals surface area contributed by atoms with Crippen molar-refractivity contribution in [3.05, 3.63) is 65.5 Å². The molecule has 164 valence electrons. The van der Waals surface area contributed by atoms with E-state index in [2.05, 4.69) is 4.98 Å². The highest BCUT2D eigenvalue weighted by Crippen LogP contribution is 2.39. The largest absolute Gasteiger partial charge is 0.507 e. The summed E-state index contributed by atoms with van der Waals surface area (Å²) in [5, 5.41) is 11.1. The summed E-state index contributed by atoms with van der Waals surface area (Å²) >= 11 is 0. The summed E-state index contributed by atoms with van der Waals surface area (Å²) in [5.41, 5.74) is 1.31. The fourth-order valence-corrected chi connectivity index (χ4v) is 3.64. The molecule has 0 saturated carbocycles. The van der Waals surface area contributed by atoms with Gasteiger partial charge in [-0.2, -0.15) is 0 Å². The molecule has 1 aromatic carbocycles. The van der Waals surface area contributed by atoms with Crippen LogP contribution in [0.15, 0.2) is 54.4 Å². The number of amides is 1. The summed E-state index contributed by atoms with van der Waals surface area (Å²) in [5.74, 6) is -0.758. The molecule has 1 aliphatic rings. The standard InChI is InChI=1S/C24H29N3O4/c1-4-16-31-19-8-6-18(7-9-19)22(28)20-21(17-10-12-25-13-11-17)27(24(30)23(20)29)15-5-14-26(2)3/h6-13,21,28H,4-5,14-16H2,1-3H3/t21-/m0/s1. The third kappa shape index (κ3) is 5.11. The SMILES string of the molecule is CCCOc1ccc(C(O)=C2C(=O)C(=O)N(CCCN(C)C)[C@H]2c2ccncc2)cc1. The van der Waals surface area contributed by atoms with Crippen molar-refractivity contribution in [3.63, 3.8) is 0 Å². The minimum atomic E-state index is -0.671. The number of aromatic nitrogens is 1. The van der Waals surface area contributed by atoms with Crippen molar-refractivity contribution in [2.45, 2.75) is 25.8 Å². The van der Waals surface area contributed by atoms with E-state index in [1.807, 2.05) is 25.9 Å². The van der Waals surface area contributed by atoms with Crippen LogP contribution in [0, 0.1) is 0 Å². The molecule has 3 rings (SSSR count). The first-order chi connectivity index (χ1) is 14.9. The Kier molecular flexibility index (Phi) is 7.41. The van der Waals surface area contributed by atoms with Gasteiger partial charge in [0.2, 0.25) is 0 Å². The highest BCUT2D eigenvalue weighted by Gasteiger charge is 2.45. The number of hydrogen-bond acceptors (Lipinski definition) is 6. The van der Waals surface area contributed by atoms with Gasteiger partial charge in [-0.05, 0) is 75.4 Å². The van der Waals surface area contributed by atoms with Gasteiger partial charge in [0, 0.05) is 24.5 Å². The molecule has 1 aliphatic heterocycles. The van der Waals surface area contributed by atoms with Crippen LogP contribution in [0.4, 0.5) is 0 Å². The number of rotatable bonds is 9. The summed E-state index contributed by atoms with van der Waals surface area (Å²) in [6.45, 7) is 3.82. The smallest absolute Gasteiger partial charge is 0.295 e. The van der Waals surface area contributed by atoms with Crippen LogP contribution >= 0.6 is 0 Å². The fraction of sp³-hybridized carbons (Fsp3) is 0.375. The number of ketones is 1. The van der Waals surface area contributed by atoms with E-state index in [0.29, 0.717) is 30.9 Å². The van der Waals surface area contributed by atoms with Crippen LogP contribution in [0.2, 0.25) is 0 Å². The lowest BCUT2D eigenvalue weighted by Gasteiger charge is -2.25. The molecule has 1 fully saturated rings. The minimum Gasteiger partial charge on any atom is -0.507 e. The molecule has 0 radical (unpaired) electrons. The molecule has 0 spiro atoms. The molecule has 0 unspecified atom stereocenters. The number of likely N-dealkylation sites (tertiary alicyclic amines) is 1. The number of Topliss-reactive ketones (excluding diaryl/α,β-unsaturated/α-hetero) is 1. The topological polar surface area (TPSA) is 83.0 Å². The van der Waals surface area contributed by atoms with Crippen molar-refractivity contribution in [2.24, 2.45) is 0 Å². The summed E-state index contributed by atoms with van der Waals surface area (Å²) in [6.07, 6.45) is 4.85. The first-order valence-electron chi connectivity index (χ1n) is 10.5. The molecule has 7 heteroatoms. The lowest BCUT2D eigenvalue weighted by molar-refractivity contribution is -0.139. The molecule has 1 aromatic heterocycles. The number of pyridine rings is 1. The van der Waals surface area contributed by atoms with Crippen molar-refractivity contribution in [3.8, 4) is 5.75 Å². The zero-order valence-electron chi connectivity index (χ0n) is 18.2. The second kappa shape index (κ2) is 10.2. The molecule has 2 aromatic rings. The van der Waals surface area contributed by atoms with Gasteiger partial charge in [-0.15, -0.1) is 0 Å². The number of aliphatic hydroxyl groups is 1. The molecule has 1 atom stereocenters. The van der Waals surface area contributed by atoms with Gasteiger partial charge in [0.1, 0.15) is 11.5 Å². The average molecular weight is 424 g/mol. The van der Waals surface area contributed by atoms with E-state index in [1.54, 1.807) is 53.7 Å². The van der Waals surface area contributed by atoms with E-state index in [1.165, 1.54) is 0 Å². The van der Waals surface area contributed by atoms with Crippen molar-refractivity contribution in [1.82, 2.24) is 14.8 Å². The van der Waals surface area contributed by atoms with Crippen molar-refractivity contribution >= 4 is 17.4 Å². The third-order valence-corrected chi connectivity index (χ3v) is 5.17. The number of hydrogen-bond donors (Lipinski definition) is 1. The maximum atomic E-state index is 13.0. The molecule has 0 bridgehead atoms. The zero-order valence-corrected chi connectivity index (χ0v) is 18.2. The third-order valence-electron chi connectivity index (χ3n) is 5.17. The molecule has 1 N–H and O–H groups in total. The van der Waals surface area contributed by atoms with Crippen molar-refractivity contribution < 1.29 is 19.4 Å². The van der Waals surface area contributed by atoms with E-state index >= 15 is 0 Å². The van der Waals surface area contributed by atoms with Crippen LogP contribution in [0.1, 0.15) is 36.9 Å². The van der Waals surface area contributed by atoms with Crippen LogP contribution in [0.5, 0.6) is 5.75 Å². The number of ether oxygens (including phenoxy) is 1. The number of carbonyl (C=O) groups is 2. The summed E-state index contributed by atoms with van der Waals surface area (Å²) in [6, 6.07) is 9.78. The van der Waals surface area contributed by atoms with Gasteiger partial charge in [0.05, 0.1) is 18.2 Å². The van der Waals surface area contributed by atoms with Crippen LogP contribution in [-0.4, -0.2) is 65.4 Å². The first kappa shape index (κ1) is 22.5. The highest BCUT2D eigenvalue weighted by molar-refractivity contribution is 6.46. The Balaban J connectivity index is 1.99. The maximum absolute atomic E-state index is 13.0. The monoisotopic (exact) mass is 423 g/mol. The van der Waals surface area contributed by atoms with E-state index in [0.717, 1.165) is 18.5 Å². The van der Waals surface area contributed by atoms with Crippen molar-refractivity contribution in [1.29, 1.82) is 0 Å². The van der Waals surface area contributed by atoms with Gasteiger partial charge in [-0.3, -0.25) is 14.6 Å². The van der Waals surface area contributed by atoms with Gasteiger partial charge < -0.3 is 19.6 Å². The van der Waals surface area contributed by atoms with Gasteiger partial charge in [-0.25, -0.2) is 0 Å². The predicted octanol–water partition coefficient (Wildman–Crippen LogP) is 3.24. The Morgan fingerprint density at radius 3 is 2.42 bits per heavy atom. The fourth-order valence-electron chi connectivity index (χ4n) is 3.64. The van der Waals surface area contributed by atoms with Crippen molar-refractivity contribution in [2.75, 3.05) is 33.8 Å². The molecular weight excluding hydrogens is 394 g/mol. The number of aliphatic hydroxyl groups excluding tert-OH is 1. The molecule has 1 saturated heterocycles. The lowest BCUT2D eigenvalue weighted by atomic mass is 9.96. The van der Waals surface area contributed by atoms with Crippen LogP contribution in [0.25, 0.3) is 5.76 Å². The number of nitrogens with zero attached hydrogens (tertiary/aromatic N) is 3. The van der Waals surface area contributed by atoms with Gasteiger partial charge >= 0.3 is 0 Å². The Morgan fingerprint density at radius 1 is 1.13 bits per heavy atom. The van der Waals surface area contributed by atoms with Crippen LogP contribution < -0.4 is 4.74 Å². The minimum absolute atomic E-state index is 0.100. The maximum Gasteiger partial charge on any atom is 0.295 e. The zero-order chi connectivity index (χ0) is 22.4. The normalized spacial score (nSPS) is 18.1. The average Bonchev–Trinajstić information content (AvgIpc) is 3.03. The van der Waals surface area contributed by atoms with Crippen LogP contribution in [-0.2, 0) is 9.59 Å². The Hall–Kier alpha value is -3.19. The van der Waals surface area contributed by atoms with Gasteiger partial charge in [0.25, 0.3) is 11.7 Å². The number of carbonyl (C=O) groups excluding carboxylic acids is 2. The summed E-state index contributed by atoms with van der Waals surface area (Å²) in [4.78, 5) is 33.4. The second-order valence-corrected chi connectivity index (χ2v) is 7.80. The van der Waals surface area contributed by atoms with Gasteiger partial charge in [0.15, 0.2) is 0 Å². The first-order valence-corrected chi connectivity index (χ1v) is 10.5. The second-order valence-electron chi connectivity index (χ2n) is 7.80. The van der Waals surface area contributed by atoms with E-state index in [9.17, 15) is 14.7 Å². The van der Waals surface area contributed by atoms with E-state index in [4.69, 9.17) is 4.74 Å². The molecular formula is C24H29N3O4. The molecule has 31 heavy (non-hydrogen) atoms. The Labute approximate surface area is 183 Å². The summed E-state index contributed by atoms with van der Waals surface area (Å²) < 4.78 is 5.59. The molecule has 1 amide bonds. The molecule has 7 nitrogen and oxygen atoms in total. The number of benzene rings is 1. The Morgan fingerprint density at radius 2 is 1.81 bits per heavy atom. The molecule has 0 aliphatic carbocycles. The van der Waals surface area contributed by atoms with Gasteiger partial charge in [-0.1, -0.05) is 6.92 Å². The van der Waals surface area contributed by atoms with E-state index in [-0.39, 0.29) is 11.3 Å². The lowest BCUT2D eigenvalue weighted by Crippen LogP contribution is -2.32. The van der Waals surface area contributed by atoms with E-state index < -0.39 is 17.7 Å². The van der Waals surface area contributed by atoms with Crippen LogP contribution in [0.3, 0.4) is 0 Å². The summed E-state index contributed by atoms with van der Waals surface area (Å²) in [7, 11) is 3.92. The Bertz CT molecular complexity index is 939.